The molecule has 0 spiro atoms. The molecule has 0 aromatic rings. The first kappa shape index (κ1) is 48.4. The monoisotopic (exact) mass is 695 g/mol. The number of hydrogen-bond acceptors (Lipinski definition) is 0. The Balaban J connectivity index is 4.86. The predicted molar refractivity (Wildman–Crippen MR) is 231 cm³/mol. The molecule has 0 aliphatic rings. The van der Waals surface area contributed by atoms with Gasteiger partial charge in [-0.15, -0.1) is 0 Å². The summed E-state index contributed by atoms with van der Waals surface area (Å²) in [6.07, 6.45) is 65.0. The van der Waals surface area contributed by atoms with Crippen molar-refractivity contribution in [1.82, 2.24) is 0 Å². The van der Waals surface area contributed by atoms with Gasteiger partial charge in [-0.2, -0.15) is 0 Å². The molecule has 48 heavy (non-hydrogen) atoms. The van der Waals surface area contributed by atoms with Crippen LogP contribution < -0.4 is 0 Å². The van der Waals surface area contributed by atoms with Gasteiger partial charge in [0, 0.05) is 0 Å². The first-order chi connectivity index (χ1) is 23.7. The Bertz CT molecular complexity index is 495. The van der Waals surface area contributed by atoms with E-state index in [1.165, 1.54) is 225 Å². The van der Waals surface area contributed by atoms with Gasteiger partial charge in [-0.25, -0.2) is 0 Å². The average molecular weight is 695 g/mol. The van der Waals surface area contributed by atoms with Gasteiger partial charge in [-0.05, 0) is 0 Å². The number of rotatable bonds is 43. The van der Waals surface area contributed by atoms with Crippen LogP contribution in [0.4, 0.5) is 0 Å². The molecule has 0 aromatic heterocycles. The molecule has 0 nitrogen and oxygen atoms in total. The van der Waals surface area contributed by atoms with E-state index in [2.05, 4.69) is 27.7 Å². The molecule has 0 N–H and O–H groups in total. The fraction of sp³-hybridized carbons (Fsp3) is 1.00. The summed E-state index contributed by atoms with van der Waals surface area (Å²) in [6, 6.07) is 0. The van der Waals surface area contributed by atoms with Crippen LogP contribution in [0, 0.1) is 0 Å². The predicted octanol–water partition coefficient (Wildman–Crippen LogP) is 18.0. The summed E-state index contributed by atoms with van der Waals surface area (Å²) in [5, 5.41) is 0. The summed E-state index contributed by atoms with van der Waals surface area (Å²) in [5.41, 5.74) is 0. The third-order valence-corrected chi connectivity index (χ3v) is 17.6. The topological polar surface area (TPSA) is 0 Å². The van der Waals surface area contributed by atoms with E-state index in [4.69, 9.17) is 0 Å². The molecule has 1 heteroatoms. The number of hydrogen-bond donors (Lipinski definition) is 0. The zero-order valence-corrected chi connectivity index (χ0v) is 35.9. The summed E-state index contributed by atoms with van der Waals surface area (Å²) >= 11 is 0. The molecule has 0 radical (unpaired) electrons. The maximum atomic E-state index is 2.34. The molecule has 0 rings (SSSR count). The van der Waals surface area contributed by atoms with Gasteiger partial charge in [-0.3, -0.25) is 0 Å². The van der Waals surface area contributed by atoms with Crippen molar-refractivity contribution in [1.29, 1.82) is 0 Å². The molecule has 0 unspecified atom stereocenters. The van der Waals surface area contributed by atoms with E-state index in [0.29, 0.717) is 0 Å². The molecule has 0 aromatic carbocycles. The zero-order valence-electron chi connectivity index (χ0n) is 34.9. The molecule has 0 aliphatic heterocycles. The van der Waals surface area contributed by atoms with E-state index >= 15 is 0 Å². The van der Waals surface area contributed by atoms with Crippen LogP contribution in [0.3, 0.4) is 0 Å². The normalized spacial score (nSPS) is 12.3. The minimum absolute atomic E-state index is 1.15. The molecule has 0 atom stereocenters. The fourth-order valence-corrected chi connectivity index (χ4v) is 14.0. The van der Waals surface area contributed by atoms with Crippen molar-refractivity contribution < 1.29 is 0 Å². The second-order valence-corrected chi connectivity index (χ2v) is 21.9. The summed E-state index contributed by atoms with van der Waals surface area (Å²) in [5.74, 6) is 0. The van der Waals surface area contributed by atoms with Gasteiger partial charge in [0.1, 0.15) is 0 Å². The number of unbranched alkanes of at least 4 members (excludes halogenated alkanes) is 35. The summed E-state index contributed by atoms with van der Waals surface area (Å²) in [4.78, 5) is 0. The van der Waals surface area contributed by atoms with Crippen molar-refractivity contribution in [2.45, 2.75) is 278 Å². The Hall–Kier alpha value is 0.430. The molecular formula is C47H99P. The summed E-state index contributed by atoms with van der Waals surface area (Å²) in [7, 11) is -1.15. The standard InChI is InChI=1S/C47H99P/c1-5-9-13-17-21-25-29-33-37-41-45-48(44-40-36-32-28-24-20-16-12-8-4,46-42-38-34-30-26-22-18-14-10-6-2)47-43-39-35-31-27-23-19-15-11-7-3/h48H,5-47H2,1-4H3. The molecule has 0 amide bonds. The first-order valence-electron chi connectivity index (χ1n) is 23.7. The van der Waals surface area contributed by atoms with Gasteiger partial charge in [-0.1, -0.05) is 0 Å². The van der Waals surface area contributed by atoms with E-state index in [1.807, 2.05) is 0 Å². The molecule has 292 valence electrons. The fourth-order valence-electron chi connectivity index (χ4n) is 8.52. The van der Waals surface area contributed by atoms with Crippen molar-refractivity contribution >= 4 is 7.26 Å². The van der Waals surface area contributed by atoms with Crippen molar-refractivity contribution in [3.8, 4) is 0 Å². The Morgan fingerprint density at radius 1 is 0.167 bits per heavy atom. The van der Waals surface area contributed by atoms with Crippen molar-refractivity contribution in [2.24, 2.45) is 0 Å². The quantitative estimate of drug-likeness (QED) is 0.0440. The maximum absolute atomic E-state index is 2.34. The first-order valence-corrected chi connectivity index (χ1v) is 26.6. The molecule has 0 saturated heterocycles. The van der Waals surface area contributed by atoms with Crippen molar-refractivity contribution in [3.63, 3.8) is 0 Å². The SMILES string of the molecule is CCCCCCCCCCCC[PH](CCCCCCCCCCC)(CCCCCCCCCCCC)CCCCCCCCCCCC. The van der Waals surface area contributed by atoms with Crippen LogP contribution >= 0.6 is 7.26 Å². The van der Waals surface area contributed by atoms with Gasteiger partial charge in [0.2, 0.25) is 0 Å². The summed E-state index contributed by atoms with van der Waals surface area (Å²) in [6.45, 7) is 9.36. The van der Waals surface area contributed by atoms with Crippen LogP contribution in [0.25, 0.3) is 0 Å². The Kier molecular flexibility index (Phi) is 42.2. The van der Waals surface area contributed by atoms with Crippen LogP contribution in [-0.4, -0.2) is 24.6 Å². The Morgan fingerprint density at radius 3 is 0.438 bits per heavy atom. The van der Waals surface area contributed by atoms with Crippen LogP contribution in [0.1, 0.15) is 278 Å². The second kappa shape index (κ2) is 41.8. The van der Waals surface area contributed by atoms with Crippen LogP contribution in [0.15, 0.2) is 0 Å². The molecular weight excluding hydrogens is 595 g/mol. The van der Waals surface area contributed by atoms with Crippen LogP contribution in [0.5, 0.6) is 0 Å². The molecule has 0 heterocycles. The van der Waals surface area contributed by atoms with Crippen LogP contribution in [0.2, 0.25) is 0 Å². The van der Waals surface area contributed by atoms with Crippen LogP contribution in [-0.2, 0) is 0 Å². The second-order valence-electron chi connectivity index (χ2n) is 16.9. The Morgan fingerprint density at radius 2 is 0.292 bits per heavy atom. The van der Waals surface area contributed by atoms with E-state index < -0.39 is 7.26 Å². The van der Waals surface area contributed by atoms with E-state index in [9.17, 15) is 0 Å². The van der Waals surface area contributed by atoms with Gasteiger partial charge in [0.15, 0.2) is 0 Å². The van der Waals surface area contributed by atoms with Gasteiger partial charge in [0.05, 0.1) is 0 Å². The molecule has 0 bridgehead atoms. The van der Waals surface area contributed by atoms with Gasteiger partial charge in [0.25, 0.3) is 0 Å². The summed E-state index contributed by atoms with van der Waals surface area (Å²) < 4.78 is 0. The minimum atomic E-state index is -1.15. The van der Waals surface area contributed by atoms with E-state index in [0.717, 1.165) is 0 Å². The van der Waals surface area contributed by atoms with Gasteiger partial charge >= 0.3 is 310 Å². The van der Waals surface area contributed by atoms with Crippen molar-refractivity contribution in [3.05, 3.63) is 0 Å². The molecule has 0 aliphatic carbocycles. The third kappa shape index (κ3) is 36.2. The molecule has 0 fully saturated rings. The Labute approximate surface area is 309 Å². The molecule has 0 saturated carbocycles. The van der Waals surface area contributed by atoms with E-state index in [1.54, 1.807) is 50.3 Å². The zero-order chi connectivity index (χ0) is 34.9. The van der Waals surface area contributed by atoms with Gasteiger partial charge < -0.3 is 0 Å². The average Bonchev–Trinajstić information content (AvgIpc) is 3.10. The van der Waals surface area contributed by atoms with Crippen molar-refractivity contribution in [2.75, 3.05) is 24.6 Å². The third-order valence-electron chi connectivity index (χ3n) is 12.0. The van der Waals surface area contributed by atoms with E-state index in [-0.39, 0.29) is 0 Å².